The summed E-state index contributed by atoms with van der Waals surface area (Å²) < 4.78 is 6.17. The Morgan fingerprint density at radius 2 is 0.902 bits per heavy atom. The molecular weight excluding hydrogens is 739 g/mol. The van der Waals surface area contributed by atoms with Crippen molar-refractivity contribution < 1.29 is 4.42 Å². The Balaban J connectivity index is 1.06. The van der Waals surface area contributed by atoms with E-state index >= 15 is 0 Å². The highest BCUT2D eigenvalue weighted by Crippen LogP contribution is 2.57. The van der Waals surface area contributed by atoms with Crippen molar-refractivity contribution in [2.24, 2.45) is 0 Å². The largest absolute Gasteiger partial charge is 0.456 e. The zero-order valence-corrected chi connectivity index (χ0v) is 33.4. The fourth-order valence-corrected chi connectivity index (χ4v) is 10.0. The minimum atomic E-state index is -0.513. The SMILES string of the molecule is c1ccc(C2(c3ccccc3)c3ccccc3-c3ccc(N(c4ccc(-c5ccc6oc7ccccc7c6c5)cc4)c4cccc(-c5cccc6ccccc56)c4)cc32)cc1. The van der Waals surface area contributed by atoms with Gasteiger partial charge in [-0.15, -0.1) is 0 Å². The van der Waals surface area contributed by atoms with Gasteiger partial charge in [0.15, 0.2) is 0 Å². The van der Waals surface area contributed by atoms with Gasteiger partial charge in [-0.2, -0.15) is 0 Å². The Morgan fingerprint density at radius 1 is 0.311 bits per heavy atom. The number of benzene rings is 10. The van der Waals surface area contributed by atoms with Crippen molar-refractivity contribution in [2.75, 3.05) is 4.90 Å². The molecule has 0 saturated carbocycles. The molecule has 1 heterocycles. The van der Waals surface area contributed by atoms with Crippen molar-refractivity contribution in [3.63, 3.8) is 0 Å². The third kappa shape index (κ3) is 5.57. The molecule has 61 heavy (non-hydrogen) atoms. The van der Waals surface area contributed by atoms with E-state index in [4.69, 9.17) is 4.42 Å². The van der Waals surface area contributed by atoms with Crippen LogP contribution in [0.3, 0.4) is 0 Å². The van der Waals surface area contributed by atoms with Crippen LogP contribution >= 0.6 is 0 Å². The van der Waals surface area contributed by atoms with E-state index < -0.39 is 5.41 Å². The second kappa shape index (κ2) is 14.1. The summed E-state index contributed by atoms with van der Waals surface area (Å²) in [5.41, 5.74) is 16.9. The minimum absolute atomic E-state index is 0.513. The van der Waals surface area contributed by atoms with E-state index in [0.717, 1.165) is 50.1 Å². The van der Waals surface area contributed by atoms with Crippen LogP contribution in [0.15, 0.2) is 241 Å². The van der Waals surface area contributed by atoms with Crippen molar-refractivity contribution in [3.05, 3.63) is 259 Å². The molecule has 2 heteroatoms. The van der Waals surface area contributed by atoms with Crippen LogP contribution in [0.25, 0.3) is 66.1 Å². The Morgan fingerprint density at radius 3 is 1.72 bits per heavy atom. The Labute approximate surface area is 355 Å². The van der Waals surface area contributed by atoms with Gasteiger partial charge < -0.3 is 9.32 Å². The predicted molar refractivity (Wildman–Crippen MR) is 254 cm³/mol. The van der Waals surface area contributed by atoms with Crippen LogP contribution in [-0.4, -0.2) is 0 Å². The molecule has 0 amide bonds. The van der Waals surface area contributed by atoms with Gasteiger partial charge in [-0.1, -0.05) is 182 Å². The Bertz CT molecular complexity index is 3370. The number of furan rings is 1. The summed E-state index contributed by atoms with van der Waals surface area (Å²) in [6.45, 7) is 0. The molecular formula is C59H39NO. The van der Waals surface area contributed by atoms with E-state index in [1.54, 1.807) is 0 Å². The average molecular weight is 778 g/mol. The number of hydrogen-bond donors (Lipinski definition) is 0. The molecule has 0 bridgehead atoms. The van der Waals surface area contributed by atoms with Gasteiger partial charge in [0, 0.05) is 27.8 Å². The van der Waals surface area contributed by atoms with E-state index in [1.165, 1.54) is 55.3 Å². The van der Waals surface area contributed by atoms with Crippen LogP contribution in [0.1, 0.15) is 22.3 Å². The van der Waals surface area contributed by atoms with Crippen LogP contribution in [0.4, 0.5) is 17.1 Å². The molecule has 286 valence electrons. The van der Waals surface area contributed by atoms with Gasteiger partial charge in [0.05, 0.1) is 5.41 Å². The summed E-state index contributed by atoms with van der Waals surface area (Å²) in [6, 6.07) is 86.2. The molecule has 11 aromatic rings. The maximum absolute atomic E-state index is 6.17. The van der Waals surface area contributed by atoms with Crippen molar-refractivity contribution in [2.45, 2.75) is 5.41 Å². The molecule has 1 aliphatic rings. The molecule has 0 atom stereocenters. The van der Waals surface area contributed by atoms with E-state index in [9.17, 15) is 0 Å². The number of fused-ring (bicyclic) bond motifs is 7. The van der Waals surface area contributed by atoms with E-state index in [2.05, 4.69) is 229 Å². The van der Waals surface area contributed by atoms with Gasteiger partial charge in [-0.3, -0.25) is 0 Å². The van der Waals surface area contributed by atoms with E-state index in [-0.39, 0.29) is 0 Å². The summed E-state index contributed by atoms with van der Waals surface area (Å²) >= 11 is 0. The lowest BCUT2D eigenvalue weighted by atomic mass is 9.67. The lowest BCUT2D eigenvalue weighted by Gasteiger charge is -2.35. The number of hydrogen-bond acceptors (Lipinski definition) is 2. The lowest BCUT2D eigenvalue weighted by Crippen LogP contribution is -2.28. The molecule has 0 unspecified atom stereocenters. The third-order valence-electron chi connectivity index (χ3n) is 12.7. The first kappa shape index (κ1) is 35.0. The van der Waals surface area contributed by atoms with Gasteiger partial charge in [-0.05, 0) is 121 Å². The molecule has 1 aliphatic carbocycles. The first-order chi connectivity index (χ1) is 30.2. The molecule has 0 N–H and O–H groups in total. The van der Waals surface area contributed by atoms with Crippen LogP contribution in [0.5, 0.6) is 0 Å². The maximum atomic E-state index is 6.17. The summed E-state index contributed by atoms with van der Waals surface area (Å²) in [5.74, 6) is 0. The summed E-state index contributed by atoms with van der Waals surface area (Å²) in [5, 5.41) is 4.74. The molecule has 0 radical (unpaired) electrons. The fourth-order valence-electron chi connectivity index (χ4n) is 10.0. The maximum Gasteiger partial charge on any atom is 0.135 e. The van der Waals surface area contributed by atoms with Crippen LogP contribution in [0, 0.1) is 0 Å². The molecule has 2 nitrogen and oxygen atoms in total. The molecule has 10 aromatic carbocycles. The highest BCUT2D eigenvalue weighted by Gasteiger charge is 2.46. The second-order valence-corrected chi connectivity index (χ2v) is 16.0. The normalized spacial score (nSPS) is 12.7. The van der Waals surface area contributed by atoms with Crippen molar-refractivity contribution in [1.82, 2.24) is 0 Å². The zero-order chi connectivity index (χ0) is 40.3. The van der Waals surface area contributed by atoms with E-state index in [1.807, 2.05) is 12.1 Å². The summed E-state index contributed by atoms with van der Waals surface area (Å²) in [6.07, 6.45) is 0. The number of nitrogens with zero attached hydrogens (tertiary/aromatic N) is 1. The predicted octanol–water partition coefficient (Wildman–Crippen LogP) is 15.9. The Kier molecular flexibility index (Phi) is 8.11. The smallest absolute Gasteiger partial charge is 0.135 e. The standard InChI is InChI=1S/C59H39NO/c1-3-18-44(19-4-1)59(45-20-5-2-6-21-45)55-27-11-9-24-51(55)52-35-34-48(39-56(52)59)60(47-22-13-17-43(37-47)50-26-14-16-41-15-7-8-23-49(41)50)46-32-29-40(30-33-46)42-31-36-58-54(38-42)53-25-10-12-28-57(53)61-58/h1-39H. The van der Waals surface area contributed by atoms with Crippen LogP contribution in [-0.2, 0) is 5.41 Å². The summed E-state index contributed by atoms with van der Waals surface area (Å²) in [7, 11) is 0. The third-order valence-corrected chi connectivity index (χ3v) is 12.7. The number of para-hydroxylation sites is 1. The molecule has 0 fully saturated rings. The quantitative estimate of drug-likeness (QED) is 0.160. The molecule has 12 rings (SSSR count). The zero-order valence-electron chi connectivity index (χ0n) is 33.4. The minimum Gasteiger partial charge on any atom is -0.456 e. The van der Waals surface area contributed by atoms with Crippen LogP contribution < -0.4 is 4.90 Å². The highest BCUT2D eigenvalue weighted by atomic mass is 16.3. The average Bonchev–Trinajstić information content (AvgIpc) is 3.85. The van der Waals surface area contributed by atoms with Gasteiger partial charge in [0.1, 0.15) is 11.2 Å². The molecule has 1 aromatic heterocycles. The fraction of sp³-hybridized carbons (Fsp3) is 0.0169. The van der Waals surface area contributed by atoms with Crippen LogP contribution in [0.2, 0.25) is 0 Å². The van der Waals surface area contributed by atoms with Crippen molar-refractivity contribution in [3.8, 4) is 33.4 Å². The molecule has 0 spiro atoms. The first-order valence-electron chi connectivity index (χ1n) is 21.0. The monoisotopic (exact) mass is 777 g/mol. The van der Waals surface area contributed by atoms with Gasteiger partial charge in [-0.25, -0.2) is 0 Å². The van der Waals surface area contributed by atoms with Crippen molar-refractivity contribution >= 4 is 49.8 Å². The number of anilines is 3. The Hall–Kier alpha value is -7.94. The van der Waals surface area contributed by atoms with E-state index in [0.29, 0.717) is 0 Å². The first-order valence-corrected chi connectivity index (χ1v) is 21.0. The van der Waals surface area contributed by atoms with Gasteiger partial charge in [0.25, 0.3) is 0 Å². The lowest BCUT2D eigenvalue weighted by molar-refractivity contribution is 0.669. The van der Waals surface area contributed by atoms with Gasteiger partial charge in [0.2, 0.25) is 0 Å². The highest BCUT2D eigenvalue weighted by molar-refractivity contribution is 6.06. The topological polar surface area (TPSA) is 16.4 Å². The van der Waals surface area contributed by atoms with Crippen molar-refractivity contribution in [1.29, 1.82) is 0 Å². The second-order valence-electron chi connectivity index (χ2n) is 16.0. The molecule has 0 aliphatic heterocycles. The number of rotatable bonds is 7. The molecule has 0 saturated heterocycles. The summed E-state index contributed by atoms with van der Waals surface area (Å²) in [4.78, 5) is 2.43. The van der Waals surface area contributed by atoms with Gasteiger partial charge >= 0.3 is 0 Å².